The molecular formula is C17H27NO. The standard InChI is InChI=1S/C17H27NO/c1-12-9-10-15(11-13(12)2)16(18)17(19-3)14-7-5-4-6-8-14/h9-11,14,16-17H,4-8,18H2,1-3H3. The first-order chi connectivity index (χ1) is 9.13. The maximum atomic E-state index is 6.47. The van der Waals surface area contributed by atoms with Gasteiger partial charge in [0.25, 0.3) is 0 Å². The molecule has 1 fully saturated rings. The number of rotatable bonds is 4. The summed E-state index contributed by atoms with van der Waals surface area (Å²) in [6, 6.07) is 6.53. The summed E-state index contributed by atoms with van der Waals surface area (Å²) in [6.45, 7) is 4.29. The first kappa shape index (κ1) is 14.5. The van der Waals surface area contributed by atoms with Crippen LogP contribution in [0, 0.1) is 19.8 Å². The summed E-state index contributed by atoms with van der Waals surface area (Å²) < 4.78 is 5.75. The van der Waals surface area contributed by atoms with Gasteiger partial charge in [-0.15, -0.1) is 0 Å². The number of ether oxygens (including phenoxy) is 1. The van der Waals surface area contributed by atoms with Crippen LogP contribution < -0.4 is 5.73 Å². The third-order valence-corrected chi connectivity index (χ3v) is 4.66. The van der Waals surface area contributed by atoms with E-state index in [0.717, 1.165) is 0 Å². The summed E-state index contributed by atoms with van der Waals surface area (Å²) in [6.07, 6.45) is 6.69. The minimum absolute atomic E-state index is 0.00704. The Morgan fingerprint density at radius 1 is 1.11 bits per heavy atom. The van der Waals surface area contributed by atoms with Crippen LogP contribution in [0.3, 0.4) is 0 Å². The Morgan fingerprint density at radius 2 is 1.79 bits per heavy atom. The molecule has 0 saturated heterocycles. The van der Waals surface area contributed by atoms with E-state index < -0.39 is 0 Å². The second-order valence-corrected chi connectivity index (χ2v) is 5.97. The van der Waals surface area contributed by atoms with Crippen molar-refractivity contribution in [2.75, 3.05) is 7.11 Å². The van der Waals surface area contributed by atoms with E-state index in [4.69, 9.17) is 10.5 Å². The smallest absolute Gasteiger partial charge is 0.0791 e. The van der Waals surface area contributed by atoms with Crippen molar-refractivity contribution in [3.63, 3.8) is 0 Å². The zero-order valence-corrected chi connectivity index (χ0v) is 12.5. The molecule has 0 radical (unpaired) electrons. The van der Waals surface area contributed by atoms with E-state index in [2.05, 4.69) is 32.0 Å². The number of methoxy groups -OCH3 is 1. The van der Waals surface area contributed by atoms with E-state index >= 15 is 0 Å². The largest absolute Gasteiger partial charge is 0.379 e. The normalized spacial score (nSPS) is 20.2. The van der Waals surface area contributed by atoms with Gasteiger partial charge in [0.05, 0.1) is 12.1 Å². The Labute approximate surface area is 117 Å². The van der Waals surface area contributed by atoms with Gasteiger partial charge in [0.15, 0.2) is 0 Å². The molecule has 1 saturated carbocycles. The lowest BCUT2D eigenvalue weighted by Gasteiger charge is -2.33. The molecule has 2 unspecified atom stereocenters. The SMILES string of the molecule is COC(C1CCCCC1)C(N)c1ccc(C)c(C)c1. The van der Waals surface area contributed by atoms with Crippen LogP contribution in [-0.4, -0.2) is 13.2 Å². The number of hydrogen-bond acceptors (Lipinski definition) is 2. The van der Waals surface area contributed by atoms with Gasteiger partial charge in [-0.05, 0) is 49.3 Å². The summed E-state index contributed by atoms with van der Waals surface area (Å²) >= 11 is 0. The van der Waals surface area contributed by atoms with Crippen molar-refractivity contribution < 1.29 is 4.74 Å². The van der Waals surface area contributed by atoms with Gasteiger partial charge in [0.2, 0.25) is 0 Å². The van der Waals surface area contributed by atoms with Gasteiger partial charge >= 0.3 is 0 Å². The van der Waals surface area contributed by atoms with Crippen LogP contribution in [0.5, 0.6) is 0 Å². The minimum atomic E-state index is -0.00704. The van der Waals surface area contributed by atoms with E-state index in [-0.39, 0.29) is 12.1 Å². The van der Waals surface area contributed by atoms with Gasteiger partial charge in [-0.25, -0.2) is 0 Å². The Hall–Kier alpha value is -0.860. The van der Waals surface area contributed by atoms with Crippen molar-refractivity contribution in [3.8, 4) is 0 Å². The van der Waals surface area contributed by atoms with Gasteiger partial charge in [-0.2, -0.15) is 0 Å². The molecule has 2 atom stereocenters. The Kier molecular flexibility index (Phi) is 5.00. The Morgan fingerprint density at radius 3 is 2.37 bits per heavy atom. The topological polar surface area (TPSA) is 35.2 Å². The van der Waals surface area contributed by atoms with Crippen LogP contribution >= 0.6 is 0 Å². The van der Waals surface area contributed by atoms with Crippen LogP contribution in [0.1, 0.15) is 54.8 Å². The monoisotopic (exact) mass is 261 g/mol. The Balaban J connectivity index is 2.14. The zero-order chi connectivity index (χ0) is 13.8. The third kappa shape index (κ3) is 3.37. The summed E-state index contributed by atoms with van der Waals surface area (Å²) in [4.78, 5) is 0. The first-order valence-electron chi connectivity index (χ1n) is 7.49. The molecule has 1 aromatic carbocycles. The lowest BCUT2D eigenvalue weighted by molar-refractivity contribution is 0.0173. The fraction of sp³-hybridized carbons (Fsp3) is 0.647. The molecule has 2 heteroatoms. The van der Waals surface area contributed by atoms with Crippen LogP contribution in [0.2, 0.25) is 0 Å². The molecule has 1 aliphatic carbocycles. The molecule has 1 aliphatic rings. The van der Waals surface area contributed by atoms with E-state index in [1.165, 1.54) is 48.8 Å². The van der Waals surface area contributed by atoms with Crippen molar-refractivity contribution in [1.82, 2.24) is 0 Å². The van der Waals surface area contributed by atoms with Crippen LogP contribution in [0.25, 0.3) is 0 Å². The fourth-order valence-electron chi connectivity index (χ4n) is 3.26. The zero-order valence-electron chi connectivity index (χ0n) is 12.5. The molecule has 19 heavy (non-hydrogen) atoms. The summed E-state index contributed by atoms with van der Waals surface area (Å²) in [5.41, 5.74) is 10.3. The molecule has 0 spiro atoms. The van der Waals surface area contributed by atoms with E-state index in [9.17, 15) is 0 Å². The third-order valence-electron chi connectivity index (χ3n) is 4.66. The van der Waals surface area contributed by atoms with Gasteiger partial charge in [-0.3, -0.25) is 0 Å². The quantitative estimate of drug-likeness (QED) is 0.892. The maximum Gasteiger partial charge on any atom is 0.0791 e. The minimum Gasteiger partial charge on any atom is -0.379 e. The van der Waals surface area contributed by atoms with Crippen molar-refractivity contribution in [2.24, 2.45) is 11.7 Å². The highest BCUT2D eigenvalue weighted by Crippen LogP contribution is 2.33. The number of aryl methyl sites for hydroxylation is 2. The highest BCUT2D eigenvalue weighted by atomic mass is 16.5. The molecule has 1 aromatic rings. The molecule has 0 heterocycles. The number of nitrogens with two attached hydrogens (primary N) is 1. The van der Waals surface area contributed by atoms with Gasteiger partial charge in [-0.1, -0.05) is 37.5 Å². The molecule has 0 aliphatic heterocycles. The van der Waals surface area contributed by atoms with E-state index in [0.29, 0.717) is 5.92 Å². The van der Waals surface area contributed by atoms with Crippen LogP contribution in [-0.2, 0) is 4.74 Å². The predicted molar refractivity (Wildman–Crippen MR) is 80.2 cm³/mol. The van der Waals surface area contributed by atoms with E-state index in [1.807, 2.05) is 0 Å². The summed E-state index contributed by atoms with van der Waals surface area (Å²) in [7, 11) is 1.81. The fourth-order valence-corrected chi connectivity index (χ4v) is 3.26. The molecule has 0 aromatic heterocycles. The van der Waals surface area contributed by atoms with Crippen molar-refractivity contribution >= 4 is 0 Å². The van der Waals surface area contributed by atoms with Gasteiger partial charge in [0.1, 0.15) is 0 Å². The number of benzene rings is 1. The van der Waals surface area contributed by atoms with Gasteiger partial charge < -0.3 is 10.5 Å². The second kappa shape index (κ2) is 6.53. The average Bonchev–Trinajstić information content (AvgIpc) is 2.44. The maximum absolute atomic E-state index is 6.47. The highest BCUT2D eigenvalue weighted by Gasteiger charge is 2.29. The lowest BCUT2D eigenvalue weighted by Crippen LogP contribution is -2.36. The molecular weight excluding hydrogens is 234 g/mol. The average molecular weight is 261 g/mol. The van der Waals surface area contributed by atoms with Crippen molar-refractivity contribution in [3.05, 3.63) is 34.9 Å². The highest BCUT2D eigenvalue weighted by molar-refractivity contribution is 5.32. The first-order valence-corrected chi connectivity index (χ1v) is 7.49. The second-order valence-electron chi connectivity index (χ2n) is 5.97. The Bertz CT molecular complexity index is 410. The molecule has 106 valence electrons. The summed E-state index contributed by atoms with van der Waals surface area (Å²) in [5.74, 6) is 0.621. The summed E-state index contributed by atoms with van der Waals surface area (Å²) in [5, 5.41) is 0. The molecule has 2 N–H and O–H groups in total. The van der Waals surface area contributed by atoms with Crippen molar-refractivity contribution in [1.29, 1.82) is 0 Å². The molecule has 2 rings (SSSR count). The lowest BCUT2D eigenvalue weighted by atomic mass is 9.81. The molecule has 0 bridgehead atoms. The molecule has 2 nitrogen and oxygen atoms in total. The van der Waals surface area contributed by atoms with Gasteiger partial charge in [0, 0.05) is 7.11 Å². The van der Waals surface area contributed by atoms with E-state index in [1.54, 1.807) is 7.11 Å². The van der Waals surface area contributed by atoms with Crippen molar-refractivity contribution in [2.45, 2.75) is 58.1 Å². The predicted octanol–water partition coefficient (Wildman–Crippen LogP) is 3.90. The van der Waals surface area contributed by atoms with Crippen LogP contribution in [0.4, 0.5) is 0 Å². The number of hydrogen-bond donors (Lipinski definition) is 1. The molecule has 0 amide bonds. The van der Waals surface area contributed by atoms with Crippen LogP contribution in [0.15, 0.2) is 18.2 Å².